The standard InChI is InChI=1S/C9H17NO2/c1-3-12-9(11)7(2)10-6-8-4-5-8/h7-8,10H,3-6H2,1-2H3. The molecule has 0 aromatic heterocycles. The molecule has 0 amide bonds. The van der Waals surface area contributed by atoms with E-state index in [4.69, 9.17) is 4.74 Å². The predicted molar refractivity (Wildman–Crippen MR) is 46.8 cm³/mol. The minimum atomic E-state index is -0.148. The Kier molecular flexibility index (Phi) is 3.53. The van der Waals surface area contributed by atoms with Crippen LogP contribution in [0.15, 0.2) is 0 Å². The van der Waals surface area contributed by atoms with Crippen LogP contribution in [-0.4, -0.2) is 25.2 Å². The SMILES string of the molecule is CCOC(=O)C(C)NCC1CC1. The van der Waals surface area contributed by atoms with Crippen LogP contribution in [0.2, 0.25) is 0 Å². The van der Waals surface area contributed by atoms with Crippen LogP contribution < -0.4 is 5.32 Å². The quantitative estimate of drug-likeness (QED) is 0.625. The summed E-state index contributed by atoms with van der Waals surface area (Å²) in [5.74, 6) is 0.667. The molecule has 0 saturated heterocycles. The van der Waals surface area contributed by atoms with E-state index in [1.54, 1.807) is 0 Å². The van der Waals surface area contributed by atoms with Crippen molar-refractivity contribution in [3.63, 3.8) is 0 Å². The lowest BCUT2D eigenvalue weighted by atomic mass is 10.3. The molecule has 0 heterocycles. The summed E-state index contributed by atoms with van der Waals surface area (Å²) >= 11 is 0. The van der Waals surface area contributed by atoms with Crippen LogP contribution in [-0.2, 0) is 9.53 Å². The number of rotatable bonds is 5. The highest BCUT2D eigenvalue weighted by Crippen LogP contribution is 2.27. The van der Waals surface area contributed by atoms with Crippen LogP contribution in [0, 0.1) is 5.92 Å². The van der Waals surface area contributed by atoms with E-state index in [0.29, 0.717) is 6.61 Å². The molecular formula is C9H17NO2. The average molecular weight is 171 g/mol. The maximum absolute atomic E-state index is 11.1. The van der Waals surface area contributed by atoms with Crippen LogP contribution in [0.3, 0.4) is 0 Å². The Morgan fingerprint density at radius 2 is 2.33 bits per heavy atom. The van der Waals surface area contributed by atoms with E-state index in [1.165, 1.54) is 12.8 Å². The summed E-state index contributed by atoms with van der Waals surface area (Å²) in [7, 11) is 0. The summed E-state index contributed by atoms with van der Waals surface area (Å²) in [6, 6.07) is -0.148. The third-order valence-corrected chi connectivity index (χ3v) is 2.05. The fraction of sp³-hybridized carbons (Fsp3) is 0.889. The molecule has 0 aliphatic heterocycles. The van der Waals surface area contributed by atoms with Crippen molar-refractivity contribution >= 4 is 5.97 Å². The Labute approximate surface area is 73.5 Å². The molecule has 1 atom stereocenters. The van der Waals surface area contributed by atoms with Gasteiger partial charge in [-0.1, -0.05) is 0 Å². The predicted octanol–water partition coefficient (Wildman–Crippen LogP) is 0.938. The first-order valence-electron chi connectivity index (χ1n) is 4.64. The number of hydrogen-bond donors (Lipinski definition) is 1. The first kappa shape index (κ1) is 9.52. The number of hydrogen-bond acceptors (Lipinski definition) is 3. The lowest BCUT2D eigenvalue weighted by Crippen LogP contribution is -2.36. The fourth-order valence-electron chi connectivity index (χ4n) is 1.02. The topological polar surface area (TPSA) is 38.3 Å². The highest BCUT2D eigenvalue weighted by Gasteiger charge is 2.23. The summed E-state index contributed by atoms with van der Waals surface area (Å²) < 4.78 is 4.85. The number of nitrogens with one attached hydrogen (secondary N) is 1. The Balaban J connectivity index is 2.07. The monoisotopic (exact) mass is 171 g/mol. The molecule has 1 rings (SSSR count). The molecule has 0 aromatic carbocycles. The highest BCUT2D eigenvalue weighted by atomic mass is 16.5. The fourth-order valence-corrected chi connectivity index (χ4v) is 1.02. The van der Waals surface area contributed by atoms with Gasteiger partial charge in [0.15, 0.2) is 0 Å². The first-order chi connectivity index (χ1) is 5.74. The van der Waals surface area contributed by atoms with Crippen molar-refractivity contribution < 1.29 is 9.53 Å². The second-order valence-corrected chi connectivity index (χ2v) is 3.33. The van der Waals surface area contributed by atoms with Gasteiger partial charge in [-0.3, -0.25) is 4.79 Å². The molecule has 0 bridgehead atoms. The lowest BCUT2D eigenvalue weighted by Gasteiger charge is -2.11. The van der Waals surface area contributed by atoms with Crippen LogP contribution in [0.5, 0.6) is 0 Å². The molecule has 1 fully saturated rings. The van der Waals surface area contributed by atoms with Gasteiger partial charge in [-0.05, 0) is 39.2 Å². The van der Waals surface area contributed by atoms with Gasteiger partial charge in [0.1, 0.15) is 6.04 Å². The van der Waals surface area contributed by atoms with Crippen molar-refractivity contribution in [2.24, 2.45) is 5.92 Å². The molecule has 0 aromatic rings. The van der Waals surface area contributed by atoms with E-state index < -0.39 is 0 Å². The Hall–Kier alpha value is -0.570. The highest BCUT2D eigenvalue weighted by molar-refractivity contribution is 5.75. The van der Waals surface area contributed by atoms with Crippen LogP contribution in [0.25, 0.3) is 0 Å². The van der Waals surface area contributed by atoms with Crippen molar-refractivity contribution in [3.05, 3.63) is 0 Å². The van der Waals surface area contributed by atoms with E-state index in [9.17, 15) is 4.79 Å². The van der Waals surface area contributed by atoms with E-state index in [1.807, 2.05) is 13.8 Å². The smallest absolute Gasteiger partial charge is 0.322 e. The Morgan fingerprint density at radius 3 is 2.83 bits per heavy atom. The number of esters is 1. The zero-order chi connectivity index (χ0) is 8.97. The zero-order valence-corrected chi connectivity index (χ0v) is 7.80. The van der Waals surface area contributed by atoms with Gasteiger partial charge in [-0.25, -0.2) is 0 Å². The minimum Gasteiger partial charge on any atom is -0.465 e. The first-order valence-corrected chi connectivity index (χ1v) is 4.64. The maximum atomic E-state index is 11.1. The summed E-state index contributed by atoms with van der Waals surface area (Å²) in [6.07, 6.45) is 2.62. The van der Waals surface area contributed by atoms with Crippen molar-refractivity contribution in [1.82, 2.24) is 5.32 Å². The normalized spacial score (nSPS) is 18.8. The summed E-state index contributed by atoms with van der Waals surface area (Å²) in [5, 5.41) is 3.15. The van der Waals surface area contributed by atoms with Gasteiger partial charge >= 0.3 is 5.97 Å². The Bertz CT molecular complexity index is 155. The molecule has 1 saturated carbocycles. The van der Waals surface area contributed by atoms with E-state index in [2.05, 4.69) is 5.32 Å². The average Bonchev–Trinajstić information content (AvgIpc) is 2.83. The molecule has 3 heteroatoms. The van der Waals surface area contributed by atoms with Gasteiger partial charge in [-0.15, -0.1) is 0 Å². The molecule has 1 N–H and O–H groups in total. The van der Waals surface area contributed by atoms with Crippen LogP contribution in [0.4, 0.5) is 0 Å². The molecule has 1 aliphatic carbocycles. The number of carbonyl (C=O) groups is 1. The van der Waals surface area contributed by atoms with Crippen molar-refractivity contribution in [2.75, 3.05) is 13.2 Å². The van der Waals surface area contributed by atoms with Gasteiger partial charge in [-0.2, -0.15) is 0 Å². The van der Waals surface area contributed by atoms with Gasteiger partial charge in [0.2, 0.25) is 0 Å². The number of carbonyl (C=O) groups excluding carboxylic acids is 1. The van der Waals surface area contributed by atoms with Crippen molar-refractivity contribution in [3.8, 4) is 0 Å². The second kappa shape index (κ2) is 4.45. The minimum absolute atomic E-state index is 0.141. The van der Waals surface area contributed by atoms with Gasteiger partial charge < -0.3 is 10.1 Å². The molecule has 0 spiro atoms. The Morgan fingerprint density at radius 1 is 1.67 bits per heavy atom. The molecule has 0 radical (unpaired) electrons. The molecule has 70 valence electrons. The summed E-state index contributed by atoms with van der Waals surface area (Å²) in [5.41, 5.74) is 0. The third-order valence-electron chi connectivity index (χ3n) is 2.05. The van der Waals surface area contributed by atoms with Crippen LogP contribution in [0.1, 0.15) is 26.7 Å². The number of ether oxygens (including phenoxy) is 1. The van der Waals surface area contributed by atoms with E-state index in [0.717, 1.165) is 12.5 Å². The van der Waals surface area contributed by atoms with Gasteiger partial charge in [0.05, 0.1) is 6.61 Å². The van der Waals surface area contributed by atoms with Crippen LogP contribution >= 0.6 is 0 Å². The van der Waals surface area contributed by atoms with Crippen molar-refractivity contribution in [2.45, 2.75) is 32.7 Å². The van der Waals surface area contributed by atoms with Crippen molar-refractivity contribution in [1.29, 1.82) is 0 Å². The van der Waals surface area contributed by atoms with E-state index >= 15 is 0 Å². The molecule has 3 nitrogen and oxygen atoms in total. The van der Waals surface area contributed by atoms with E-state index in [-0.39, 0.29) is 12.0 Å². The molecule has 12 heavy (non-hydrogen) atoms. The molecular weight excluding hydrogens is 154 g/mol. The second-order valence-electron chi connectivity index (χ2n) is 3.33. The molecule has 1 unspecified atom stereocenters. The summed E-state index contributed by atoms with van der Waals surface area (Å²) in [6.45, 7) is 5.10. The third kappa shape index (κ3) is 3.22. The zero-order valence-electron chi connectivity index (χ0n) is 7.80. The van der Waals surface area contributed by atoms with Gasteiger partial charge in [0, 0.05) is 0 Å². The van der Waals surface area contributed by atoms with Gasteiger partial charge in [0.25, 0.3) is 0 Å². The molecule has 1 aliphatic rings. The largest absolute Gasteiger partial charge is 0.465 e. The lowest BCUT2D eigenvalue weighted by molar-refractivity contribution is -0.145. The maximum Gasteiger partial charge on any atom is 0.322 e. The summed E-state index contributed by atoms with van der Waals surface area (Å²) in [4.78, 5) is 11.1.